The van der Waals surface area contributed by atoms with Crippen molar-refractivity contribution in [2.75, 3.05) is 20.3 Å². The van der Waals surface area contributed by atoms with Crippen LogP contribution in [0.5, 0.6) is 11.5 Å². The fourth-order valence-electron chi connectivity index (χ4n) is 6.13. The molecule has 3 aromatic rings. The van der Waals surface area contributed by atoms with Crippen LogP contribution in [0, 0.1) is 17.8 Å². The maximum absolute atomic E-state index is 13.1. The highest BCUT2D eigenvalue weighted by Crippen LogP contribution is 2.46. The van der Waals surface area contributed by atoms with Crippen molar-refractivity contribution in [2.24, 2.45) is 17.8 Å². The first-order valence-corrected chi connectivity index (χ1v) is 13.9. The molecule has 0 spiro atoms. The predicted molar refractivity (Wildman–Crippen MR) is 157 cm³/mol. The lowest BCUT2D eigenvalue weighted by Gasteiger charge is -2.36. The van der Waals surface area contributed by atoms with Gasteiger partial charge < -0.3 is 20.1 Å². The standard InChI is InChI=1S/C34H35NO6/c1-35-33(39)27-19-25(21-41-26-13-6-3-7-14-26)31(28(20-36)32(27)34(35)40)30(38)17-16-23(22-10-4-2-5-11-22)18-24-12-8-9-15-29(24)37/h2-15,18,27-28,30,32,36-38H,16-17,19-21H2,1H3/b23-18-/t27-,28+,30-,32-/m1/s1. The van der Waals surface area contributed by atoms with Crippen molar-refractivity contribution in [3.8, 4) is 11.5 Å². The molecule has 1 saturated heterocycles. The van der Waals surface area contributed by atoms with Crippen LogP contribution in [0.25, 0.3) is 11.6 Å². The van der Waals surface area contributed by atoms with Crippen LogP contribution >= 0.6 is 0 Å². The third-order valence-corrected chi connectivity index (χ3v) is 8.21. The summed E-state index contributed by atoms with van der Waals surface area (Å²) in [7, 11) is 1.48. The Balaban J connectivity index is 1.47. The SMILES string of the molecule is CN1C(=O)[C@@H]2[C@@H](CC(COc3ccccc3)=C([C@H](O)CC/C(=C/c3ccccc3O)c3ccccc3)[C@@H]2CO)C1=O. The molecule has 41 heavy (non-hydrogen) atoms. The van der Waals surface area contributed by atoms with E-state index in [0.29, 0.717) is 29.7 Å². The van der Waals surface area contributed by atoms with Gasteiger partial charge in [-0.2, -0.15) is 0 Å². The molecule has 1 aliphatic heterocycles. The van der Waals surface area contributed by atoms with Crippen molar-refractivity contribution in [1.82, 2.24) is 4.90 Å². The lowest BCUT2D eigenvalue weighted by molar-refractivity contribution is -0.138. The van der Waals surface area contributed by atoms with Gasteiger partial charge in [-0.25, -0.2) is 0 Å². The van der Waals surface area contributed by atoms with Crippen molar-refractivity contribution < 1.29 is 29.6 Å². The Bertz CT molecular complexity index is 1450. The maximum atomic E-state index is 13.1. The smallest absolute Gasteiger partial charge is 0.233 e. The number of carbonyl (C=O) groups excluding carboxylic acids is 2. The highest BCUT2D eigenvalue weighted by molar-refractivity contribution is 6.05. The number of imide groups is 1. The summed E-state index contributed by atoms with van der Waals surface area (Å²) in [5.74, 6) is -1.76. The lowest BCUT2D eigenvalue weighted by atomic mass is 9.68. The first-order valence-electron chi connectivity index (χ1n) is 13.9. The molecule has 2 aliphatic rings. The van der Waals surface area contributed by atoms with Crippen LogP contribution in [-0.2, 0) is 9.59 Å². The van der Waals surface area contributed by atoms with Gasteiger partial charge >= 0.3 is 0 Å². The second-order valence-electron chi connectivity index (χ2n) is 10.7. The van der Waals surface area contributed by atoms with Crippen molar-refractivity contribution >= 4 is 23.5 Å². The van der Waals surface area contributed by atoms with E-state index in [4.69, 9.17) is 4.74 Å². The number of ether oxygens (including phenoxy) is 1. The van der Waals surface area contributed by atoms with E-state index >= 15 is 0 Å². The lowest BCUT2D eigenvalue weighted by Crippen LogP contribution is -2.39. The number of carbonyl (C=O) groups is 2. The molecule has 3 N–H and O–H groups in total. The van der Waals surface area contributed by atoms with Crippen molar-refractivity contribution in [3.05, 3.63) is 107 Å². The van der Waals surface area contributed by atoms with E-state index in [1.54, 1.807) is 12.1 Å². The summed E-state index contributed by atoms with van der Waals surface area (Å²) >= 11 is 0. The molecule has 2 amide bonds. The average Bonchev–Trinajstić information content (AvgIpc) is 3.22. The number of benzene rings is 3. The van der Waals surface area contributed by atoms with E-state index < -0.39 is 23.9 Å². The maximum Gasteiger partial charge on any atom is 0.233 e. The molecule has 0 radical (unpaired) electrons. The fraction of sp³-hybridized carbons (Fsp3) is 0.294. The number of hydrogen-bond donors (Lipinski definition) is 3. The molecule has 1 heterocycles. The van der Waals surface area contributed by atoms with Crippen LogP contribution in [-0.4, -0.2) is 58.4 Å². The van der Waals surface area contributed by atoms with E-state index in [9.17, 15) is 24.9 Å². The highest BCUT2D eigenvalue weighted by atomic mass is 16.5. The van der Waals surface area contributed by atoms with E-state index in [-0.39, 0.29) is 37.2 Å². The zero-order chi connectivity index (χ0) is 28.9. The summed E-state index contributed by atoms with van der Waals surface area (Å²) in [6.07, 6.45) is 2.00. The number of nitrogens with zero attached hydrogens (tertiary/aromatic N) is 1. The van der Waals surface area contributed by atoms with E-state index in [1.807, 2.05) is 78.9 Å². The fourth-order valence-corrected chi connectivity index (χ4v) is 6.13. The number of allylic oxidation sites excluding steroid dienone is 1. The Labute approximate surface area is 240 Å². The zero-order valence-electron chi connectivity index (χ0n) is 23.0. The molecule has 0 unspecified atom stereocenters. The van der Waals surface area contributed by atoms with Crippen LogP contribution in [0.1, 0.15) is 30.4 Å². The Morgan fingerprint density at radius 3 is 2.32 bits per heavy atom. The van der Waals surface area contributed by atoms with Gasteiger partial charge in [-0.05, 0) is 65.8 Å². The number of phenolic OH excluding ortho intramolecular Hbond substituents is 1. The number of fused-ring (bicyclic) bond motifs is 1. The minimum Gasteiger partial charge on any atom is -0.507 e. The number of hydrogen-bond acceptors (Lipinski definition) is 6. The van der Waals surface area contributed by atoms with Crippen LogP contribution in [0.3, 0.4) is 0 Å². The molecular formula is C34H35NO6. The Morgan fingerprint density at radius 2 is 1.63 bits per heavy atom. The Hall–Kier alpha value is -4.20. The number of aliphatic hydroxyl groups excluding tert-OH is 2. The third kappa shape index (κ3) is 5.97. The van der Waals surface area contributed by atoms with Crippen molar-refractivity contribution in [1.29, 1.82) is 0 Å². The van der Waals surface area contributed by atoms with Crippen LogP contribution in [0.15, 0.2) is 96.1 Å². The molecule has 7 nitrogen and oxygen atoms in total. The summed E-state index contributed by atoms with van der Waals surface area (Å²) in [5.41, 5.74) is 3.88. The predicted octanol–water partition coefficient (Wildman–Crippen LogP) is 4.69. The number of phenols is 1. The normalized spacial score (nSPS) is 21.7. The molecule has 3 aromatic carbocycles. The quantitative estimate of drug-likeness (QED) is 0.191. The zero-order valence-corrected chi connectivity index (χ0v) is 23.0. The van der Waals surface area contributed by atoms with Crippen molar-refractivity contribution in [3.63, 3.8) is 0 Å². The molecule has 1 aliphatic carbocycles. The first-order chi connectivity index (χ1) is 19.9. The number of rotatable bonds is 10. The number of aliphatic hydroxyl groups is 2. The average molecular weight is 554 g/mol. The number of aromatic hydroxyl groups is 1. The topological polar surface area (TPSA) is 107 Å². The van der Waals surface area contributed by atoms with Gasteiger partial charge in [0, 0.05) is 18.5 Å². The Morgan fingerprint density at radius 1 is 0.976 bits per heavy atom. The molecule has 0 saturated carbocycles. The van der Waals surface area contributed by atoms with E-state index in [0.717, 1.165) is 21.6 Å². The minimum atomic E-state index is -0.979. The van der Waals surface area contributed by atoms with Crippen LogP contribution < -0.4 is 4.74 Å². The van der Waals surface area contributed by atoms with Gasteiger partial charge in [-0.1, -0.05) is 66.7 Å². The van der Waals surface area contributed by atoms with Crippen molar-refractivity contribution in [2.45, 2.75) is 25.4 Å². The molecule has 5 rings (SSSR count). The summed E-state index contributed by atoms with van der Waals surface area (Å²) in [5, 5.41) is 32.6. The van der Waals surface area contributed by atoms with Gasteiger partial charge in [0.05, 0.1) is 24.5 Å². The molecule has 212 valence electrons. The van der Waals surface area contributed by atoms with Gasteiger partial charge in [-0.15, -0.1) is 0 Å². The van der Waals surface area contributed by atoms with Gasteiger partial charge in [0.2, 0.25) is 11.8 Å². The van der Waals surface area contributed by atoms with Gasteiger partial charge in [0.15, 0.2) is 0 Å². The second-order valence-corrected chi connectivity index (χ2v) is 10.7. The number of para-hydroxylation sites is 2. The number of likely N-dealkylation sites (tertiary alicyclic amines) is 1. The molecule has 4 atom stereocenters. The summed E-state index contributed by atoms with van der Waals surface area (Å²) in [6.45, 7) is -0.227. The minimum absolute atomic E-state index is 0.139. The van der Waals surface area contributed by atoms with Gasteiger partial charge in [-0.3, -0.25) is 14.5 Å². The van der Waals surface area contributed by atoms with Gasteiger partial charge in [0.1, 0.15) is 18.1 Å². The van der Waals surface area contributed by atoms with Crippen LogP contribution in [0.4, 0.5) is 0 Å². The second kappa shape index (κ2) is 12.5. The molecule has 0 aromatic heterocycles. The van der Waals surface area contributed by atoms with Gasteiger partial charge in [0.25, 0.3) is 0 Å². The Kier molecular flexibility index (Phi) is 8.67. The molecule has 1 fully saturated rings. The monoisotopic (exact) mass is 553 g/mol. The summed E-state index contributed by atoms with van der Waals surface area (Å²) < 4.78 is 6.04. The first kappa shape index (κ1) is 28.3. The third-order valence-electron chi connectivity index (χ3n) is 8.21. The summed E-state index contributed by atoms with van der Waals surface area (Å²) in [6, 6.07) is 26.1. The van der Waals surface area contributed by atoms with E-state index in [2.05, 4.69) is 0 Å². The molecule has 7 heteroatoms. The van der Waals surface area contributed by atoms with E-state index in [1.165, 1.54) is 7.05 Å². The summed E-state index contributed by atoms with van der Waals surface area (Å²) in [4.78, 5) is 27.2. The molecule has 0 bridgehead atoms. The number of amides is 2. The largest absolute Gasteiger partial charge is 0.507 e. The highest BCUT2D eigenvalue weighted by Gasteiger charge is 2.53. The molecular weight excluding hydrogens is 518 g/mol. The van der Waals surface area contributed by atoms with Crippen LogP contribution in [0.2, 0.25) is 0 Å².